The number of likely N-dealkylation sites (tertiary alicyclic amines) is 1. The van der Waals surface area contributed by atoms with Gasteiger partial charge in [0.1, 0.15) is 5.82 Å². The number of carbonyl (C=O) groups is 1. The number of hydrogen-bond donors (Lipinski definition) is 2. The Hall–Kier alpha value is -2.99. The summed E-state index contributed by atoms with van der Waals surface area (Å²) in [5, 5.41) is 3.13. The first-order valence-corrected chi connectivity index (χ1v) is 11.4. The average molecular weight is 431 g/mol. The monoisotopic (exact) mass is 430 g/mol. The first kappa shape index (κ1) is 19.7. The molecule has 0 unspecified atom stereocenters. The summed E-state index contributed by atoms with van der Waals surface area (Å²) in [6.45, 7) is 6.74. The number of pyridine rings is 1. The number of aromatic amines is 1. The molecule has 1 amide bonds. The Labute approximate surface area is 187 Å². The van der Waals surface area contributed by atoms with Gasteiger partial charge in [-0.3, -0.25) is 9.78 Å². The van der Waals surface area contributed by atoms with E-state index in [4.69, 9.17) is 0 Å². The van der Waals surface area contributed by atoms with Gasteiger partial charge >= 0.3 is 0 Å². The van der Waals surface area contributed by atoms with Crippen LogP contribution in [0.1, 0.15) is 52.5 Å². The molecule has 3 aliphatic rings. The molecule has 5 nitrogen and oxygen atoms in total. The molecule has 2 aliphatic heterocycles. The van der Waals surface area contributed by atoms with E-state index in [1.54, 1.807) is 0 Å². The lowest BCUT2D eigenvalue weighted by Gasteiger charge is -2.50. The Morgan fingerprint density at radius 2 is 1.97 bits per heavy atom. The van der Waals surface area contributed by atoms with Gasteiger partial charge in [-0.2, -0.15) is 0 Å². The molecule has 32 heavy (non-hydrogen) atoms. The minimum Gasteiger partial charge on any atom is -0.357 e. The highest BCUT2D eigenvalue weighted by Gasteiger charge is 2.50. The van der Waals surface area contributed by atoms with Gasteiger partial charge in [-0.15, -0.1) is 0 Å². The van der Waals surface area contributed by atoms with Gasteiger partial charge in [0, 0.05) is 42.7 Å². The molecule has 0 saturated carbocycles. The fourth-order valence-electron chi connectivity index (χ4n) is 5.77. The maximum Gasteiger partial charge on any atom is 0.253 e. The van der Waals surface area contributed by atoms with Crippen LogP contribution in [-0.4, -0.2) is 47.5 Å². The van der Waals surface area contributed by atoms with Crippen molar-refractivity contribution in [1.82, 2.24) is 20.2 Å². The molecule has 0 atom stereocenters. The van der Waals surface area contributed by atoms with Gasteiger partial charge in [-0.25, -0.2) is 4.39 Å². The van der Waals surface area contributed by atoms with Crippen LogP contribution in [0.2, 0.25) is 0 Å². The number of aryl methyl sites for hydroxylation is 1. The number of likely N-dealkylation sites (N-methyl/N-ethyl adjacent to an activating group) is 1. The summed E-state index contributed by atoms with van der Waals surface area (Å²) in [4.78, 5) is 23.4. The molecule has 1 aliphatic carbocycles. The molecule has 1 fully saturated rings. The van der Waals surface area contributed by atoms with Gasteiger partial charge in [-0.1, -0.05) is 19.9 Å². The van der Waals surface area contributed by atoms with Crippen molar-refractivity contribution < 1.29 is 9.18 Å². The number of H-pyrrole nitrogens is 1. The zero-order chi connectivity index (χ0) is 22.2. The third-order valence-electron chi connectivity index (χ3n) is 7.43. The summed E-state index contributed by atoms with van der Waals surface area (Å²) in [5.41, 5.74) is 8.38. The van der Waals surface area contributed by atoms with Crippen LogP contribution < -0.4 is 5.32 Å². The van der Waals surface area contributed by atoms with E-state index in [-0.39, 0.29) is 17.1 Å². The molecule has 6 rings (SSSR count). The number of hydrogen-bond acceptors (Lipinski definition) is 3. The van der Waals surface area contributed by atoms with Crippen molar-refractivity contribution in [2.75, 3.05) is 26.7 Å². The van der Waals surface area contributed by atoms with Crippen molar-refractivity contribution in [3.8, 4) is 22.5 Å². The van der Waals surface area contributed by atoms with Crippen molar-refractivity contribution in [3.05, 3.63) is 64.2 Å². The molecular weight excluding hydrogens is 403 g/mol. The van der Waals surface area contributed by atoms with Gasteiger partial charge in [-0.05, 0) is 60.7 Å². The molecule has 3 aromatic rings. The van der Waals surface area contributed by atoms with Crippen LogP contribution in [0, 0.1) is 5.82 Å². The Morgan fingerprint density at radius 3 is 2.72 bits per heavy atom. The first-order chi connectivity index (χ1) is 15.4. The number of halogens is 1. The van der Waals surface area contributed by atoms with E-state index in [9.17, 15) is 9.18 Å². The molecule has 0 radical (unpaired) electrons. The Kier molecular flexibility index (Phi) is 4.15. The smallest absolute Gasteiger partial charge is 0.253 e. The van der Waals surface area contributed by atoms with Crippen LogP contribution in [0.15, 0.2) is 30.5 Å². The highest BCUT2D eigenvalue weighted by atomic mass is 19.1. The average Bonchev–Trinajstić information content (AvgIpc) is 3.16. The second-order valence-electron chi connectivity index (χ2n) is 9.98. The van der Waals surface area contributed by atoms with E-state index in [1.807, 2.05) is 24.4 Å². The molecule has 164 valence electrons. The van der Waals surface area contributed by atoms with Crippen molar-refractivity contribution >= 4 is 5.91 Å². The fourth-order valence-corrected chi connectivity index (χ4v) is 5.77. The third kappa shape index (κ3) is 2.72. The minimum absolute atomic E-state index is 0.0195. The molecule has 1 spiro atoms. The van der Waals surface area contributed by atoms with Gasteiger partial charge in [0.2, 0.25) is 0 Å². The predicted molar refractivity (Wildman–Crippen MR) is 122 cm³/mol. The van der Waals surface area contributed by atoms with E-state index < -0.39 is 0 Å². The molecule has 1 saturated heterocycles. The number of rotatable bonds is 2. The standard InChI is InChI=1S/C26H27FN4O/c1-14(2)15-5-7-20(27)19(8-15)21-9-18-16(10-28-21)4-6-17-22-24(30-23(17)18)26(11-29-25(22)32)12-31(3)13-26/h5,7-10,14,30H,4,6,11-13H2,1-3H3,(H,29,32). The zero-order valence-electron chi connectivity index (χ0n) is 18.7. The van der Waals surface area contributed by atoms with Gasteiger partial charge in [0.05, 0.1) is 22.4 Å². The van der Waals surface area contributed by atoms with Crippen LogP contribution in [0.25, 0.3) is 22.5 Å². The van der Waals surface area contributed by atoms with Crippen molar-refractivity contribution in [2.24, 2.45) is 0 Å². The van der Waals surface area contributed by atoms with E-state index in [2.05, 4.69) is 41.1 Å². The molecular formula is C26H27FN4O. The van der Waals surface area contributed by atoms with E-state index in [0.29, 0.717) is 23.7 Å². The van der Waals surface area contributed by atoms with Crippen LogP contribution in [-0.2, 0) is 18.3 Å². The largest absolute Gasteiger partial charge is 0.357 e. The van der Waals surface area contributed by atoms with Crippen molar-refractivity contribution in [3.63, 3.8) is 0 Å². The summed E-state index contributed by atoms with van der Waals surface area (Å²) in [6, 6.07) is 7.28. The predicted octanol–water partition coefficient (Wildman–Crippen LogP) is 4.03. The second-order valence-corrected chi connectivity index (χ2v) is 9.98. The number of benzene rings is 1. The lowest BCUT2D eigenvalue weighted by Crippen LogP contribution is -2.65. The van der Waals surface area contributed by atoms with Crippen LogP contribution >= 0.6 is 0 Å². The van der Waals surface area contributed by atoms with E-state index in [1.165, 1.54) is 6.07 Å². The highest BCUT2D eigenvalue weighted by Crippen LogP contribution is 2.44. The summed E-state index contributed by atoms with van der Waals surface area (Å²) in [6.07, 6.45) is 3.52. The van der Waals surface area contributed by atoms with Crippen molar-refractivity contribution in [1.29, 1.82) is 0 Å². The van der Waals surface area contributed by atoms with Crippen LogP contribution in [0.3, 0.4) is 0 Å². The molecule has 2 aromatic heterocycles. The van der Waals surface area contributed by atoms with Gasteiger partial charge < -0.3 is 15.2 Å². The number of nitrogens with zero attached hydrogens (tertiary/aromatic N) is 2. The summed E-state index contributed by atoms with van der Waals surface area (Å²) >= 11 is 0. The van der Waals surface area contributed by atoms with E-state index >= 15 is 0 Å². The van der Waals surface area contributed by atoms with Gasteiger partial charge in [0.25, 0.3) is 5.91 Å². The maximum absolute atomic E-state index is 14.8. The number of carbonyl (C=O) groups excluding carboxylic acids is 1. The SMILES string of the molecule is CC(C)c1ccc(F)c(-c2cc3c(cn2)CCc2c-3[nH]c3c2C(=O)NCC32CN(C)C2)c1. The lowest BCUT2D eigenvalue weighted by molar-refractivity contribution is 0.0688. The number of amides is 1. The van der Waals surface area contributed by atoms with Crippen LogP contribution in [0.4, 0.5) is 4.39 Å². The number of nitrogens with one attached hydrogen (secondary N) is 2. The third-order valence-corrected chi connectivity index (χ3v) is 7.43. The quantitative estimate of drug-likeness (QED) is 0.645. The maximum atomic E-state index is 14.8. The zero-order valence-corrected chi connectivity index (χ0v) is 18.7. The molecule has 6 heteroatoms. The summed E-state index contributed by atoms with van der Waals surface area (Å²) in [7, 11) is 2.11. The second kappa shape index (κ2) is 6.75. The first-order valence-electron chi connectivity index (χ1n) is 11.4. The molecule has 0 bridgehead atoms. The molecule has 1 aromatic carbocycles. The molecule has 2 N–H and O–H groups in total. The number of aromatic nitrogens is 2. The molecule has 4 heterocycles. The minimum atomic E-state index is -0.264. The normalized spacial score (nSPS) is 18.7. The Bertz CT molecular complexity index is 1270. The fraction of sp³-hybridized carbons (Fsp3) is 0.385. The highest BCUT2D eigenvalue weighted by molar-refractivity contribution is 6.01. The topological polar surface area (TPSA) is 61.0 Å². The van der Waals surface area contributed by atoms with Crippen LogP contribution in [0.5, 0.6) is 0 Å². The van der Waals surface area contributed by atoms with E-state index in [0.717, 1.165) is 65.1 Å². The lowest BCUT2D eigenvalue weighted by atomic mass is 9.73. The van der Waals surface area contributed by atoms with Crippen molar-refractivity contribution in [2.45, 2.75) is 38.0 Å². The number of fused-ring (bicyclic) bond motifs is 6. The Balaban J connectivity index is 1.50. The Morgan fingerprint density at radius 1 is 1.16 bits per heavy atom. The summed E-state index contributed by atoms with van der Waals surface area (Å²) in [5.74, 6) is 0.0645. The van der Waals surface area contributed by atoms with Gasteiger partial charge in [0.15, 0.2) is 0 Å². The summed E-state index contributed by atoms with van der Waals surface area (Å²) < 4.78 is 14.8.